The molecule has 22 heavy (non-hydrogen) atoms. The number of nitrogens with zero attached hydrogens (tertiary/aromatic N) is 2. The van der Waals surface area contributed by atoms with Crippen molar-refractivity contribution in [3.8, 4) is 11.4 Å². The molecule has 0 fully saturated rings. The maximum Gasteiger partial charge on any atom is 0.246 e. The highest BCUT2D eigenvalue weighted by Gasteiger charge is 2.08. The van der Waals surface area contributed by atoms with E-state index in [4.69, 9.17) is 27.7 Å². The van der Waals surface area contributed by atoms with Gasteiger partial charge in [0.15, 0.2) is 0 Å². The van der Waals surface area contributed by atoms with E-state index >= 15 is 0 Å². The second-order valence-corrected chi connectivity index (χ2v) is 5.67. The van der Waals surface area contributed by atoms with Crippen molar-refractivity contribution in [2.24, 2.45) is 0 Å². The molecule has 4 nitrogen and oxygen atoms in total. The van der Waals surface area contributed by atoms with E-state index < -0.39 is 0 Å². The Bertz CT molecular complexity index is 784. The molecule has 3 aromatic rings. The topological polar surface area (TPSA) is 51.0 Å². The lowest BCUT2D eigenvalue weighted by Crippen LogP contribution is -1.99. The fourth-order valence-electron chi connectivity index (χ4n) is 1.93. The van der Waals surface area contributed by atoms with E-state index in [9.17, 15) is 0 Å². The van der Waals surface area contributed by atoms with Crippen LogP contribution in [-0.2, 0) is 6.54 Å². The van der Waals surface area contributed by atoms with Gasteiger partial charge in [0.2, 0.25) is 11.7 Å². The molecule has 0 saturated carbocycles. The molecule has 1 heterocycles. The Morgan fingerprint density at radius 2 is 1.82 bits per heavy atom. The largest absolute Gasteiger partial charge is 0.376 e. The van der Waals surface area contributed by atoms with Crippen LogP contribution in [0.15, 0.2) is 47.0 Å². The van der Waals surface area contributed by atoms with E-state index in [0.717, 1.165) is 11.3 Å². The van der Waals surface area contributed by atoms with Crippen LogP contribution in [0.3, 0.4) is 0 Å². The average molecular weight is 334 g/mol. The molecule has 0 aliphatic heterocycles. The van der Waals surface area contributed by atoms with Crippen LogP contribution in [0.2, 0.25) is 10.0 Å². The third-order valence-electron chi connectivity index (χ3n) is 3.14. The number of benzene rings is 2. The van der Waals surface area contributed by atoms with E-state index in [-0.39, 0.29) is 0 Å². The zero-order valence-corrected chi connectivity index (χ0v) is 13.3. The summed E-state index contributed by atoms with van der Waals surface area (Å²) in [7, 11) is 0. The number of aryl methyl sites for hydroxylation is 1. The molecule has 2 aromatic carbocycles. The van der Waals surface area contributed by atoms with Gasteiger partial charge in [-0.05, 0) is 25.1 Å². The Balaban J connectivity index is 1.69. The first kappa shape index (κ1) is 14.9. The van der Waals surface area contributed by atoms with Crippen LogP contribution in [0.25, 0.3) is 11.4 Å². The van der Waals surface area contributed by atoms with Gasteiger partial charge in [-0.15, -0.1) is 0 Å². The number of hydrogen-bond acceptors (Lipinski definition) is 4. The Labute approximate surface area is 138 Å². The molecule has 0 saturated heterocycles. The standard InChI is InChI=1S/C16H13Cl2N3O/c1-10-2-4-11(5-3-10)16-20-15(22-21-16)9-19-12-6-7-13(17)14(18)8-12/h2-8,19H,9H2,1H3. The van der Waals surface area contributed by atoms with E-state index in [0.29, 0.717) is 28.3 Å². The molecule has 1 aromatic heterocycles. The van der Waals surface area contributed by atoms with Crippen LogP contribution in [0.4, 0.5) is 5.69 Å². The first-order chi connectivity index (χ1) is 10.6. The van der Waals surface area contributed by atoms with Crippen molar-refractivity contribution < 1.29 is 4.52 Å². The fraction of sp³-hybridized carbons (Fsp3) is 0.125. The molecule has 112 valence electrons. The molecule has 0 radical (unpaired) electrons. The Kier molecular flexibility index (Phi) is 4.32. The molecule has 1 N–H and O–H groups in total. The summed E-state index contributed by atoms with van der Waals surface area (Å²) in [6.07, 6.45) is 0. The van der Waals surface area contributed by atoms with E-state index in [2.05, 4.69) is 15.5 Å². The number of aromatic nitrogens is 2. The van der Waals surface area contributed by atoms with E-state index in [1.807, 2.05) is 37.3 Å². The second-order valence-electron chi connectivity index (χ2n) is 4.86. The lowest BCUT2D eigenvalue weighted by Gasteiger charge is -2.04. The van der Waals surface area contributed by atoms with Gasteiger partial charge in [-0.2, -0.15) is 4.98 Å². The summed E-state index contributed by atoms with van der Waals surface area (Å²) < 4.78 is 5.24. The van der Waals surface area contributed by atoms with Gasteiger partial charge in [-0.3, -0.25) is 0 Å². The molecule has 0 atom stereocenters. The van der Waals surface area contributed by atoms with Gasteiger partial charge in [-0.25, -0.2) is 0 Å². The SMILES string of the molecule is Cc1ccc(-c2noc(CNc3ccc(Cl)c(Cl)c3)n2)cc1. The number of halogens is 2. The number of anilines is 1. The normalized spacial score (nSPS) is 10.7. The van der Waals surface area contributed by atoms with Crippen molar-refractivity contribution in [2.75, 3.05) is 5.32 Å². The molecule has 0 bridgehead atoms. The molecule has 3 rings (SSSR count). The molecule has 0 aliphatic carbocycles. The zero-order chi connectivity index (χ0) is 15.5. The molecular weight excluding hydrogens is 321 g/mol. The summed E-state index contributed by atoms with van der Waals surface area (Å²) in [5.74, 6) is 1.08. The Morgan fingerprint density at radius 3 is 2.55 bits per heavy atom. The molecule has 6 heteroatoms. The van der Waals surface area contributed by atoms with Gasteiger partial charge in [0.05, 0.1) is 16.6 Å². The number of rotatable bonds is 4. The number of nitrogens with one attached hydrogen (secondary N) is 1. The summed E-state index contributed by atoms with van der Waals surface area (Å²) in [5, 5.41) is 8.17. The molecule has 0 amide bonds. The number of hydrogen-bond donors (Lipinski definition) is 1. The summed E-state index contributed by atoms with van der Waals surface area (Å²) in [6.45, 7) is 2.45. The highest BCUT2D eigenvalue weighted by molar-refractivity contribution is 6.42. The third kappa shape index (κ3) is 3.40. The van der Waals surface area contributed by atoms with Gasteiger partial charge in [0, 0.05) is 11.3 Å². The molecule has 0 spiro atoms. The fourth-order valence-corrected chi connectivity index (χ4v) is 2.23. The summed E-state index contributed by atoms with van der Waals surface area (Å²) >= 11 is 11.8. The van der Waals surface area contributed by atoms with Gasteiger partial charge in [-0.1, -0.05) is 58.2 Å². The highest BCUT2D eigenvalue weighted by Crippen LogP contribution is 2.25. The van der Waals surface area contributed by atoms with Crippen molar-refractivity contribution in [1.29, 1.82) is 0 Å². The smallest absolute Gasteiger partial charge is 0.246 e. The van der Waals surface area contributed by atoms with Crippen molar-refractivity contribution in [3.63, 3.8) is 0 Å². The van der Waals surface area contributed by atoms with E-state index in [1.165, 1.54) is 5.56 Å². The Hall–Kier alpha value is -2.04. The minimum absolute atomic E-state index is 0.414. The van der Waals surface area contributed by atoms with Gasteiger partial charge >= 0.3 is 0 Å². The molecule has 0 aliphatic rings. The minimum Gasteiger partial charge on any atom is -0.376 e. The van der Waals surface area contributed by atoms with Gasteiger partial charge in [0.25, 0.3) is 0 Å². The van der Waals surface area contributed by atoms with E-state index in [1.54, 1.807) is 12.1 Å². The first-order valence-corrected chi connectivity index (χ1v) is 7.46. The average Bonchev–Trinajstić information content (AvgIpc) is 2.98. The van der Waals surface area contributed by atoms with Crippen LogP contribution in [0, 0.1) is 6.92 Å². The van der Waals surface area contributed by atoms with Crippen LogP contribution in [0.5, 0.6) is 0 Å². The van der Waals surface area contributed by atoms with Crippen molar-refractivity contribution in [1.82, 2.24) is 10.1 Å². The summed E-state index contributed by atoms with van der Waals surface area (Å²) in [5.41, 5.74) is 2.95. The maximum atomic E-state index is 5.97. The molecule has 0 unspecified atom stereocenters. The van der Waals surface area contributed by atoms with Crippen LogP contribution in [0.1, 0.15) is 11.5 Å². The molecular formula is C16H13Cl2N3O. The Morgan fingerprint density at radius 1 is 1.05 bits per heavy atom. The van der Waals surface area contributed by atoms with Crippen LogP contribution in [-0.4, -0.2) is 10.1 Å². The van der Waals surface area contributed by atoms with Crippen LogP contribution < -0.4 is 5.32 Å². The zero-order valence-electron chi connectivity index (χ0n) is 11.8. The van der Waals surface area contributed by atoms with Crippen LogP contribution >= 0.6 is 23.2 Å². The monoisotopic (exact) mass is 333 g/mol. The summed E-state index contributed by atoms with van der Waals surface area (Å²) in [6, 6.07) is 13.3. The predicted octanol–water partition coefficient (Wildman–Crippen LogP) is 4.96. The van der Waals surface area contributed by atoms with Crippen molar-refractivity contribution in [2.45, 2.75) is 13.5 Å². The first-order valence-electron chi connectivity index (χ1n) is 6.70. The highest BCUT2D eigenvalue weighted by atomic mass is 35.5. The van der Waals surface area contributed by atoms with Gasteiger partial charge < -0.3 is 9.84 Å². The van der Waals surface area contributed by atoms with Crippen molar-refractivity contribution >= 4 is 28.9 Å². The lowest BCUT2D eigenvalue weighted by molar-refractivity contribution is 0.384. The third-order valence-corrected chi connectivity index (χ3v) is 3.88. The van der Waals surface area contributed by atoms with Crippen molar-refractivity contribution in [3.05, 3.63) is 64.0 Å². The predicted molar refractivity (Wildman–Crippen MR) is 88.3 cm³/mol. The van der Waals surface area contributed by atoms with Gasteiger partial charge in [0.1, 0.15) is 0 Å². The second kappa shape index (κ2) is 6.38. The lowest BCUT2D eigenvalue weighted by atomic mass is 10.1. The minimum atomic E-state index is 0.414. The maximum absolute atomic E-state index is 5.97. The quantitative estimate of drug-likeness (QED) is 0.732. The summed E-state index contributed by atoms with van der Waals surface area (Å²) in [4.78, 5) is 4.37.